The average Bonchev–Trinajstić information content (AvgIpc) is 3.47. The van der Waals surface area contributed by atoms with Gasteiger partial charge in [-0.1, -0.05) is 31.1 Å². The van der Waals surface area contributed by atoms with Gasteiger partial charge >= 0.3 is 0 Å². The molecule has 0 saturated carbocycles. The number of aryl methyl sites for hydroxylation is 1. The molecule has 0 N–H and O–H groups in total. The van der Waals surface area contributed by atoms with E-state index < -0.39 is 21.8 Å². The van der Waals surface area contributed by atoms with Crippen LogP contribution < -0.4 is 4.74 Å². The topological polar surface area (TPSA) is 121 Å². The molecule has 2 aromatic carbocycles. The smallest absolute Gasteiger partial charge is 0.268 e. The van der Waals surface area contributed by atoms with E-state index in [2.05, 4.69) is 20.3 Å². The first kappa shape index (κ1) is 24.5. The van der Waals surface area contributed by atoms with E-state index in [9.17, 15) is 12.8 Å². The number of hydrogen-bond acceptors (Lipinski definition) is 9. The van der Waals surface area contributed by atoms with Crippen LogP contribution in [0.4, 0.5) is 4.39 Å². The van der Waals surface area contributed by atoms with Gasteiger partial charge in [0.1, 0.15) is 16.5 Å². The number of halogens is 1. The lowest BCUT2D eigenvalue weighted by Gasteiger charge is -2.14. The summed E-state index contributed by atoms with van der Waals surface area (Å²) in [5.74, 6) is 1.29. The van der Waals surface area contributed by atoms with Crippen LogP contribution in [0.1, 0.15) is 56.6 Å². The van der Waals surface area contributed by atoms with Crippen molar-refractivity contribution in [2.24, 2.45) is 0 Å². The van der Waals surface area contributed by atoms with Crippen LogP contribution in [0.2, 0.25) is 0 Å². The molecule has 9 nitrogen and oxygen atoms in total. The van der Waals surface area contributed by atoms with Crippen molar-refractivity contribution in [1.82, 2.24) is 20.3 Å². The van der Waals surface area contributed by atoms with E-state index in [1.807, 2.05) is 39.8 Å². The summed E-state index contributed by atoms with van der Waals surface area (Å²) in [7, 11) is -3.68. The first-order valence-corrected chi connectivity index (χ1v) is 12.9. The minimum absolute atomic E-state index is 0.130. The maximum absolute atomic E-state index is 14.3. The van der Waals surface area contributed by atoms with Crippen molar-refractivity contribution in [3.8, 4) is 28.5 Å². The Hall–Kier alpha value is -3.60. The Balaban J connectivity index is 1.53. The van der Waals surface area contributed by atoms with Gasteiger partial charge < -0.3 is 13.8 Å². The lowest BCUT2D eigenvalue weighted by Crippen LogP contribution is -2.07. The quantitative estimate of drug-likeness (QED) is 0.317. The number of benzene rings is 2. The Bertz CT molecular complexity index is 1460. The summed E-state index contributed by atoms with van der Waals surface area (Å²) in [6.07, 6.45) is 0.936. The highest BCUT2D eigenvalue weighted by atomic mass is 32.2. The highest BCUT2D eigenvalue weighted by Gasteiger charge is 2.22. The number of rotatable bonds is 8. The van der Waals surface area contributed by atoms with E-state index in [4.69, 9.17) is 13.8 Å². The fourth-order valence-electron chi connectivity index (χ4n) is 3.44. The highest BCUT2D eigenvalue weighted by molar-refractivity contribution is 7.90. The first-order chi connectivity index (χ1) is 16.6. The number of hydrogen-bond donors (Lipinski definition) is 0. The Kier molecular flexibility index (Phi) is 6.70. The van der Waals surface area contributed by atoms with Gasteiger partial charge in [-0.15, -0.1) is 0 Å². The molecule has 184 valence electrons. The lowest BCUT2D eigenvalue weighted by atomic mass is 10.1. The molecule has 0 bridgehead atoms. The zero-order chi connectivity index (χ0) is 25.3. The summed E-state index contributed by atoms with van der Waals surface area (Å²) in [4.78, 5) is 8.39. The van der Waals surface area contributed by atoms with E-state index in [1.165, 1.54) is 12.1 Å². The van der Waals surface area contributed by atoms with Crippen LogP contribution in [0, 0.1) is 12.7 Å². The number of ether oxygens (including phenoxy) is 1. The van der Waals surface area contributed by atoms with Crippen molar-refractivity contribution < 1.29 is 26.6 Å². The van der Waals surface area contributed by atoms with Crippen LogP contribution in [0.15, 0.2) is 50.3 Å². The molecule has 1 atom stereocenters. The first-order valence-electron chi connectivity index (χ1n) is 11.0. The summed E-state index contributed by atoms with van der Waals surface area (Å²) >= 11 is 0. The minimum atomic E-state index is -3.68. The zero-order valence-electron chi connectivity index (χ0n) is 19.9. The molecule has 35 heavy (non-hydrogen) atoms. The minimum Gasteiger partial charge on any atom is -0.481 e. The summed E-state index contributed by atoms with van der Waals surface area (Å²) in [5.41, 5.74) is 2.03. The van der Waals surface area contributed by atoms with Crippen molar-refractivity contribution in [2.75, 3.05) is 6.26 Å². The molecular formula is C24H25FN4O5S. The molecule has 2 aromatic heterocycles. The Morgan fingerprint density at radius 1 is 1.00 bits per heavy atom. The van der Waals surface area contributed by atoms with Crippen molar-refractivity contribution in [3.63, 3.8) is 0 Å². The molecule has 11 heteroatoms. The molecular weight excluding hydrogens is 475 g/mol. The van der Waals surface area contributed by atoms with E-state index >= 15 is 0 Å². The van der Waals surface area contributed by atoms with Crippen LogP contribution in [0.5, 0.6) is 5.75 Å². The van der Waals surface area contributed by atoms with Gasteiger partial charge in [-0.2, -0.15) is 9.97 Å². The van der Waals surface area contributed by atoms with E-state index in [0.29, 0.717) is 29.4 Å². The largest absolute Gasteiger partial charge is 0.481 e. The molecule has 0 aliphatic carbocycles. The van der Waals surface area contributed by atoms with Gasteiger partial charge in [-0.05, 0) is 55.3 Å². The lowest BCUT2D eigenvalue weighted by molar-refractivity contribution is 0.154. The number of aromatic nitrogens is 4. The molecule has 0 amide bonds. The van der Waals surface area contributed by atoms with Crippen molar-refractivity contribution in [3.05, 3.63) is 59.6 Å². The summed E-state index contributed by atoms with van der Waals surface area (Å²) in [6, 6.07) is 9.20. The maximum Gasteiger partial charge on any atom is 0.268 e. The predicted octanol–water partition coefficient (Wildman–Crippen LogP) is 5.29. The molecule has 0 radical (unpaired) electrons. The molecule has 0 fully saturated rings. The van der Waals surface area contributed by atoms with E-state index in [-0.39, 0.29) is 22.5 Å². The van der Waals surface area contributed by atoms with Gasteiger partial charge in [-0.3, -0.25) is 0 Å². The van der Waals surface area contributed by atoms with Crippen LogP contribution in [-0.4, -0.2) is 35.0 Å². The van der Waals surface area contributed by atoms with Crippen LogP contribution in [0.25, 0.3) is 22.8 Å². The van der Waals surface area contributed by atoms with Gasteiger partial charge in [0.15, 0.2) is 15.9 Å². The van der Waals surface area contributed by atoms with Crippen molar-refractivity contribution in [2.45, 2.75) is 51.0 Å². The molecule has 2 heterocycles. The molecule has 0 spiro atoms. The summed E-state index contributed by atoms with van der Waals surface area (Å²) in [6.45, 7) is 7.79. The standard InChI is InChI=1S/C24H25FN4O5S/c1-6-19(24-26-21(28-34-24)15-7-10-20(18(25)12-15)35(5,30)31)32-16-8-9-17(14(4)11-16)22-27-23(13(2)3)33-29-22/h7-13,19H,6H2,1-5H3. The van der Waals surface area contributed by atoms with Gasteiger partial charge in [0, 0.05) is 23.3 Å². The number of sulfone groups is 1. The zero-order valence-corrected chi connectivity index (χ0v) is 20.8. The summed E-state index contributed by atoms with van der Waals surface area (Å²) in [5, 5.41) is 7.97. The predicted molar refractivity (Wildman–Crippen MR) is 125 cm³/mol. The van der Waals surface area contributed by atoms with Crippen molar-refractivity contribution >= 4 is 9.84 Å². The van der Waals surface area contributed by atoms with E-state index in [1.54, 1.807) is 6.07 Å². The molecule has 4 rings (SSSR count). The molecule has 1 unspecified atom stereocenters. The Morgan fingerprint density at radius 3 is 2.29 bits per heavy atom. The second-order valence-corrected chi connectivity index (χ2v) is 10.5. The maximum atomic E-state index is 14.3. The van der Waals surface area contributed by atoms with Crippen LogP contribution >= 0.6 is 0 Å². The fraction of sp³-hybridized carbons (Fsp3) is 0.333. The monoisotopic (exact) mass is 500 g/mol. The van der Waals surface area contributed by atoms with Gasteiger partial charge in [-0.25, -0.2) is 12.8 Å². The molecule has 0 saturated heterocycles. The fourth-order valence-corrected chi connectivity index (χ4v) is 4.16. The third-order valence-electron chi connectivity index (χ3n) is 5.33. The Morgan fingerprint density at radius 2 is 1.69 bits per heavy atom. The van der Waals surface area contributed by atoms with Crippen LogP contribution in [0.3, 0.4) is 0 Å². The van der Waals surface area contributed by atoms with Gasteiger partial charge in [0.25, 0.3) is 5.89 Å². The number of nitrogens with zero attached hydrogens (tertiary/aromatic N) is 4. The molecule has 4 aromatic rings. The second kappa shape index (κ2) is 9.57. The summed E-state index contributed by atoms with van der Waals surface area (Å²) < 4.78 is 54.3. The van der Waals surface area contributed by atoms with Gasteiger partial charge in [0.05, 0.1) is 0 Å². The normalized spacial score (nSPS) is 12.8. The van der Waals surface area contributed by atoms with E-state index in [0.717, 1.165) is 23.4 Å². The van der Waals surface area contributed by atoms with Gasteiger partial charge in [0.2, 0.25) is 17.5 Å². The molecule has 0 aliphatic rings. The SMILES string of the molecule is CCC(Oc1ccc(-c2noc(C(C)C)n2)c(C)c1)c1nc(-c2ccc(S(C)(=O)=O)c(F)c2)no1. The van der Waals surface area contributed by atoms with Crippen LogP contribution in [-0.2, 0) is 9.84 Å². The van der Waals surface area contributed by atoms with Crippen molar-refractivity contribution in [1.29, 1.82) is 0 Å². The average molecular weight is 501 g/mol. The highest BCUT2D eigenvalue weighted by Crippen LogP contribution is 2.30. The molecule has 0 aliphatic heterocycles. The Labute approximate surface area is 202 Å². The third-order valence-corrected chi connectivity index (χ3v) is 6.46. The third kappa shape index (κ3) is 5.24. The second-order valence-electron chi connectivity index (χ2n) is 8.48.